The summed E-state index contributed by atoms with van der Waals surface area (Å²) in [5, 5.41) is 9.38. The van der Waals surface area contributed by atoms with E-state index in [2.05, 4.69) is 15.9 Å². The van der Waals surface area contributed by atoms with E-state index in [1.807, 2.05) is 77.5 Å². The maximum absolute atomic E-state index is 12.5. The van der Waals surface area contributed by atoms with Crippen molar-refractivity contribution in [1.82, 2.24) is 14.5 Å². The minimum Gasteiger partial charge on any atom is -0.481 e. The van der Waals surface area contributed by atoms with E-state index in [0.29, 0.717) is 29.7 Å². The molecule has 0 aliphatic carbocycles. The number of carbonyl (C=O) groups excluding carboxylic acids is 1. The lowest BCUT2D eigenvalue weighted by molar-refractivity contribution is -0.153. The average Bonchev–Trinajstić information content (AvgIpc) is 3.61. The van der Waals surface area contributed by atoms with Crippen LogP contribution in [0.2, 0.25) is 5.28 Å². The predicted octanol–water partition coefficient (Wildman–Crippen LogP) is 5.57. The smallest absolute Gasteiger partial charge is 0.313 e. The molecule has 1 saturated heterocycles. The molecule has 9 nitrogen and oxygen atoms in total. The van der Waals surface area contributed by atoms with Gasteiger partial charge in [-0.15, -0.1) is 6.42 Å². The van der Waals surface area contributed by atoms with Crippen LogP contribution in [0, 0.1) is 12.3 Å². The molecule has 1 aliphatic heterocycles. The number of rotatable bonds is 7. The van der Waals surface area contributed by atoms with Gasteiger partial charge in [-0.2, -0.15) is 4.98 Å². The Balaban J connectivity index is 0.000000296. The van der Waals surface area contributed by atoms with Crippen LogP contribution in [0.1, 0.15) is 55.9 Å². The fraction of sp³-hybridized carbons (Fsp3) is 0.290. The Kier molecular flexibility index (Phi) is 9.28. The zero-order valence-electron chi connectivity index (χ0n) is 22.7. The summed E-state index contributed by atoms with van der Waals surface area (Å²) in [6, 6.07) is 20.5. The molecule has 1 unspecified atom stereocenters. The standard InChI is InChI=1S/C22H21ClN4O3.C9H10O2/c1-3-22(13-29-20(28)14(2)15-7-5-4-6-8-15)11-9-17(30-22)27-12-10-16-18(24)25-21(23)26-19(16)27;1-7(9(10)11)8-5-3-2-4-6-8/h1,4-8,10,12,14,17H,9,11,13H2,2H3,(H2,24,25,26);2-7H,1H3,(H,10,11)/t14-,17-,22?;7-/m11/s1. The minimum absolute atomic E-state index is 0.0207. The second kappa shape index (κ2) is 12.9. The van der Waals surface area contributed by atoms with Crippen LogP contribution in [0.3, 0.4) is 0 Å². The van der Waals surface area contributed by atoms with Crippen molar-refractivity contribution in [2.45, 2.75) is 50.4 Å². The zero-order valence-corrected chi connectivity index (χ0v) is 23.5. The van der Waals surface area contributed by atoms with Gasteiger partial charge in [0.2, 0.25) is 5.28 Å². The number of benzene rings is 2. The maximum atomic E-state index is 12.5. The number of anilines is 1. The van der Waals surface area contributed by atoms with Gasteiger partial charge < -0.3 is 24.9 Å². The molecule has 41 heavy (non-hydrogen) atoms. The van der Waals surface area contributed by atoms with Gasteiger partial charge in [-0.05, 0) is 55.5 Å². The first kappa shape index (κ1) is 29.6. The topological polar surface area (TPSA) is 130 Å². The summed E-state index contributed by atoms with van der Waals surface area (Å²) < 4.78 is 13.5. The van der Waals surface area contributed by atoms with Gasteiger partial charge in [0.1, 0.15) is 24.3 Å². The number of terminal acetylenes is 1. The fourth-order valence-electron chi connectivity index (χ4n) is 4.52. The molecule has 1 fully saturated rings. The van der Waals surface area contributed by atoms with Gasteiger partial charge in [-0.25, -0.2) is 4.98 Å². The van der Waals surface area contributed by atoms with Crippen molar-refractivity contribution >= 4 is 40.4 Å². The minimum atomic E-state index is -1.00. The first-order valence-electron chi connectivity index (χ1n) is 13.1. The number of aromatic nitrogens is 3. The lowest BCUT2D eigenvalue weighted by Crippen LogP contribution is -2.34. The summed E-state index contributed by atoms with van der Waals surface area (Å²) >= 11 is 5.96. The molecule has 0 amide bonds. The summed E-state index contributed by atoms with van der Waals surface area (Å²) in [6.45, 7) is 3.46. The Bertz CT molecular complexity index is 1550. The molecular weight excluding hydrogens is 544 g/mol. The molecule has 2 aromatic heterocycles. The predicted molar refractivity (Wildman–Crippen MR) is 156 cm³/mol. The Morgan fingerprint density at radius 2 is 1.73 bits per heavy atom. The van der Waals surface area contributed by atoms with E-state index in [1.165, 1.54) is 0 Å². The summed E-state index contributed by atoms with van der Waals surface area (Å²) in [6.07, 6.45) is 8.37. The lowest BCUT2D eigenvalue weighted by Gasteiger charge is -2.25. The molecule has 2 aromatic carbocycles. The highest BCUT2D eigenvalue weighted by Gasteiger charge is 2.41. The maximum Gasteiger partial charge on any atom is 0.313 e. The van der Waals surface area contributed by atoms with E-state index in [1.54, 1.807) is 13.8 Å². The van der Waals surface area contributed by atoms with E-state index < -0.39 is 23.4 Å². The molecular formula is C31H31ClN4O5. The summed E-state index contributed by atoms with van der Waals surface area (Å²) in [4.78, 5) is 31.3. The number of aliphatic carboxylic acids is 1. The number of carboxylic acid groups (broad SMARTS) is 1. The van der Waals surface area contributed by atoms with Crippen molar-refractivity contribution in [2.24, 2.45) is 0 Å². The van der Waals surface area contributed by atoms with Gasteiger partial charge in [-0.3, -0.25) is 9.59 Å². The number of nitrogens with zero attached hydrogens (tertiary/aromatic N) is 3. The fourth-order valence-corrected chi connectivity index (χ4v) is 4.69. The van der Waals surface area contributed by atoms with Gasteiger partial charge in [0.25, 0.3) is 0 Å². The van der Waals surface area contributed by atoms with Crippen LogP contribution in [0.15, 0.2) is 72.9 Å². The van der Waals surface area contributed by atoms with Crippen molar-refractivity contribution < 1.29 is 24.2 Å². The molecule has 212 valence electrons. The van der Waals surface area contributed by atoms with E-state index >= 15 is 0 Å². The van der Waals surface area contributed by atoms with Crippen LogP contribution in [-0.2, 0) is 19.1 Å². The monoisotopic (exact) mass is 574 g/mol. The molecule has 0 bridgehead atoms. The molecule has 4 atom stereocenters. The van der Waals surface area contributed by atoms with Gasteiger partial charge in [0, 0.05) is 6.20 Å². The van der Waals surface area contributed by atoms with Crippen molar-refractivity contribution in [3.05, 3.63) is 89.3 Å². The van der Waals surface area contributed by atoms with Crippen molar-refractivity contribution in [3.63, 3.8) is 0 Å². The van der Waals surface area contributed by atoms with Crippen LogP contribution < -0.4 is 5.73 Å². The molecule has 5 rings (SSSR count). The van der Waals surface area contributed by atoms with E-state index in [4.69, 9.17) is 38.3 Å². The number of fused-ring (bicyclic) bond motifs is 1. The quantitative estimate of drug-likeness (QED) is 0.166. The first-order valence-corrected chi connectivity index (χ1v) is 13.5. The Morgan fingerprint density at radius 1 is 1.12 bits per heavy atom. The van der Waals surface area contributed by atoms with E-state index in [9.17, 15) is 9.59 Å². The van der Waals surface area contributed by atoms with Gasteiger partial charge in [0.15, 0.2) is 5.60 Å². The number of nitrogen functional groups attached to an aromatic ring is 1. The highest BCUT2D eigenvalue weighted by Crippen LogP contribution is 2.38. The third kappa shape index (κ3) is 6.85. The lowest BCUT2D eigenvalue weighted by atomic mass is 10.0. The molecule has 0 radical (unpaired) electrons. The van der Waals surface area contributed by atoms with Crippen LogP contribution in [0.4, 0.5) is 5.82 Å². The highest BCUT2D eigenvalue weighted by molar-refractivity contribution is 6.28. The number of ether oxygens (including phenoxy) is 2. The molecule has 1 aliphatic rings. The summed E-state index contributed by atoms with van der Waals surface area (Å²) in [5.74, 6) is 1.05. The second-order valence-corrected chi connectivity index (χ2v) is 10.1. The zero-order chi connectivity index (χ0) is 29.6. The molecule has 3 heterocycles. The average molecular weight is 575 g/mol. The summed E-state index contributed by atoms with van der Waals surface area (Å²) in [5.41, 5.74) is 7.22. The number of esters is 1. The number of hydrogen-bond acceptors (Lipinski definition) is 7. The first-order chi connectivity index (χ1) is 19.6. The van der Waals surface area contributed by atoms with Crippen LogP contribution in [0.25, 0.3) is 11.0 Å². The Labute approximate surface area is 243 Å². The number of carboxylic acids is 1. The van der Waals surface area contributed by atoms with E-state index in [-0.39, 0.29) is 24.1 Å². The van der Waals surface area contributed by atoms with Crippen LogP contribution in [0.5, 0.6) is 0 Å². The molecule has 3 N–H and O–H groups in total. The molecule has 0 saturated carbocycles. The van der Waals surface area contributed by atoms with Gasteiger partial charge in [0.05, 0.1) is 17.2 Å². The second-order valence-electron chi connectivity index (χ2n) is 9.80. The van der Waals surface area contributed by atoms with Gasteiger partial charge >= 0.3 is 11.9 Å². The Morgan fingerprint density at radius 3 is 2.32 bits per heavy atom. The number of carbonyl (C=O) groups is 2. The normalized spacial score (nSPS) is 19.4. The number of nitrogens with two attached hydrogens (primary N) is 1. The third-order valence-electron chi connectivity index (χ3n) is 7.07. The molecule has 4 aromatic rings. The van der Waals surface area contributed by atoms with Crippen LogP contribution in [-0.4, -0.2) is 43.8 Å². The summed E-state index contributed by atoms with van der Waals surface area (Å²) in [7, 11) is 0. The SMILES string of the molecule is C#CC1(COC(=O)[C@H](C)c2ccccc2)CC[C@H](n2ccc3c(N)nc(Cl)nc32)O1.C[C@@H](C(=O)O)c1ccccc1. The van der Waals surface area contributed by atoms with Crippen molar-refractivity contribution in [1.29, 1.82) is 0 Å². The highest BCUT2D eigenvalue weighted by atomic mass is 35.5. The van der Waals surface area contributed by atoms with Crippen molar-refractivity contribution in [2.75, 3.05) is 12.3 Å². The number of hydrogen-bond donors (Lipinski definition) is 2. The largest absolute Gasteiger partial charge is 0.481 e. The number of halogens is 1. The Hall–Kier alpha value is -4.39. The third-order valence-corrected chi connectivity index (χ3v) is 7.24. The molecule has 10 heteroatoms. The van der Waals surface area contributed by atoms with Crippen LogP contribution >= 0.6 is 11.6 Å². The molecule has 0 spiro atoms. The van der Waals surface area contributed by atoms with E-state index in [0.717, 1.165) is 11.1 Å². The van der Waals surface area contributed by atoms with Gasteiger partial charge in [-0.1, -0.05) is 66.6 Å². The van der Waals surface area contributed by atoms with Crippen molar-refractivity contribution in [3.8, 4) is 12.3 Å².